The molecule has 132 valence electrons. The molecule has 24 heavy (non-hydrogen) atoms. The van der Waals surface area contributed by atoms with E-state index in [0.29, 0.717) is 50.8 Å². The van der Waals surface area contributed by atoms with E-state index in [1.165, 1.54) is 0 Å². The third-order valence-corrected chi connectivity index (χ3v) is 4.53. The molecule has 0 saturated carbocycles. The minimum absolute atomic E-state index is 0.127. The molecule has 2 aliphatic heterocycles. The van der Waals surface area contributed by atoms with Crippen LogP contribution >= 0.6 is 0 Å². The molecule has 2 aliphatic rings. The molecule has 0 bridgehead atoms. The standard InChI is InChI=1S/C16H25N5O3/c1-19(2)15-17-9-13(10-18-15)14(22)21-4-3-16(23,12-21)11-20-5-7-24-8-6-20/h9-10,23H,3-8,11-12H2,1-2H3/t16-/m1/s1. The fourth-order valence-corrected chi connectivity index (χ4v) is 3.18. The Bertz CT molecular complexity index is 574. The Kier molecular flexibility index (Phi) is 4.98. The van der Waals surface area contributed by atoms with Crippen LogP contribution in [0.15, 0.2) is 12.4 Å². The molecule has 0 spiro atoms. The molecular weight excluding hydrogens is 310 g/mol. The molecule has 8 heteroatoms. The van der Waals surface area contributed by atoms with Crippen molar-refractivity contribution in [2.75, 3.05) is 64.9 Å². The zero-order valence-corrected chi connectivity index (χ0v) is 14.3. The molecule has 0 aliphatic carbocycles. The number of morpholine rings is 1. The van der Waals surface area contributed by atoms with Crippen LogP contribution in [0, 0.1) is 0 Å². The Balaban J connectivity index is 1.60. The lowest BCUT2D eigenvalue weighted by atomic mass is 10.0. The summed E-state index contributed by atoms with van der Waals surface area (Å²) in [6.07, 6.45) is 3.68. The molecule has 0 unspecified atom stereocenters. The van der Waals surface area contributed by atoms with Gasteiger partial charge >= 0.3 is 0 Å². The summed E-state index contributed by atoms with van der Waals surface area (Å²) in [5.74, 6) is 0.440. The van der Waals surface area contributed by atoms with E-state index in [1.54, 1.807) is 22.2 Å². The van der Waals surface area contributed by atoms with E-state index in [4.69, 9.17) is 4.74 Å². The predicted molar refractivity (Wildman–Crippen MR) is 89.1 cm³/mol. The topological polar surface area (TPSA) is 82.0 Å². The van der Waals surface area contributed by atoms with Gasteiger partial charge in [-0.15, -0.1) is 0 Å². The summed E-state index contributed by atoms with van der Waals surface area (Å²) in [4.78, 5) is 26.6. The largest absolute Gasteiger partial charge is 0.387 e. The van der Waals surface area contributed by atoms with E-state index in [9.17, 15) is 9.90 Å². The maximum absolute atomic E-state index is 12.6. The lowest BCUT2D eigenvalue weighted by molar-refractivity contribution is -0.0257. The van der Waals surface area contributed by atoms with Gasteiger partial charge in [0.25, 0.3) is 5.91 Å². The quantitative estimate of drug-likeness (QED) is 0.791. The average Bonchev–Trinajstić information content (AvgIpc) is 2.97. The number of aliphatic hydroxyl groups is 1. The average molecular weight is 335 g/mol. The lowest BCUT2D eigenvalue weighted by Crippen LogP contribution is -2.49. The molecular formula is C16H25N5O3. The molecule has 0 aromatic carbocycles. The number of amides is 1. The van der Waals surface area contributed by atoms with Crippen molar-refractivity contribution in [1.82, 2.24) is 19.8 Å². The maximum atomic E-state index is 12.6. The normalized spacial score (nSPS) is 25.0. The summed E-state index contributed by atoms with van der Waals surface area (Å²) in [5.41, 5.74) is -0.395. The number of ether oxygens (including phenoxy) is 1. The third-order valence-electron chi connectivity index (χ3n) is 4.53. The van der Waals surface area contributed by atoms with Crippen LogP contribution in [-0.2, 0) is 4.74 Å². The van der Waals surface area contributed by atoms with Gasteiger partial charge in [-0.2, -0.15) is 0 Å². The van der Waals surface area contributed by atoms with Crippen molar-refractivity contribution >= 4 is 11.9 Å². The van der Waals surface area contributed by atoms with Crippen LogP contribution in [0.2, 0.25) is 0 Å². The SMILES string of the molecule is CN(C)c1ncc(C(=O)N2CC[C@@](O)(CN3CCOCC3)C2)cn1. The Morgan fingerprint density at radius 1 is 1.29 bits per heavy atom. The number of aromatic nitrogens is 2. The molecule has 3 heterocycles. The van der Waals surface area contributed by atoms with Crippen LogP contribution in [0.5, 0.6) is 0 Å². The second-order valence-corrected chi connectivity index (χ2v) is 6.76. The molecule has 0 radical (unpaired) electrons. The molecule has 2 saturated heterocycles. The van der Waals surface area contributed by atoms with E-state index < -0.39 is 5.60 Å². The van der Waals surface area contributed by atoms with Gasteiger partial charge in [0.15, 0.2) is 0 Å². The van der Waals surface area contributed by atoms with Gasteiger partial charge < -0.3 is 19.6 Å². The monoisotopic (exact) mass is 335 g/mol. The molecule has 8 nitrogen and oxygen atoms in total. The summed E-state index contributed by atoms with van der Waals surface area (Å²) in [6, 6.07) is 0. The molecule has 1 atom stereocenters. The van der Waals surface area contributed by atoms with Crippen molar-refractivity contribution in [3.05, 3.63) is 18.0 Å². The van der Waals surface area contributed by atoms with Crippen LogP contribution in [0.1, 0.15) is 16.8 Å². The highest BCUT2D eigenvalue weighted by molar-refractivity contribution is 5.94. The summed E-state index contributed by atoms with van der Waals surface area (Å²) >= 11 is 0. The number of hydrogen-bond acceptors (Lipinski definition) is 7. The number of hydrogen-bond donors (Lipinski definition) is 1. The van der Waals surface area contributed by atoms with E-state index in [2.05, 4.69) is 14.9 Å². The first-order valence-corrected chi connectivity index (χ1v) is 8.28. The Labute approximate surface area is 142 Å². The van der Waals surface area contributed by atoms with Gasteiger partial charge in [0, 0.05) is 52.7 Å². The number of nitrogens with zero attached hydrogens (tertiary/aromatic N) is 5. The molecule has 3 rings (SSSR count). The summed E-state index contributed by atoms with van der Waals surface area (Å²) < 4.78 is 5.34. The van der Waals surface area contributed by atoms with Crippen LogP contribution in [0.3, 0.4) is 0 Å². The fraction of sp³-hybridized carbons (Fsp3) is 0.688. The van der Waals surface area contributed by atoms with Gasteiger partial charge in [-0.3, -0.25) is 9.69 Å². The first-order chi connectivity index (χ1) is 11.5. The first-order valence-electron chi connectivity index (χ1n) is 8.28. The van der Waals surface area contributed by atoms with E-state index in [1.807, 2.05) is 14.1 Å². The van der Waals surface area contributed by atoms with Crippen LogP contribution in [0.4, 0.5) is 5.95 Å². The molecule has 2 fully saturated rings. The van der Waals surface area contributed by atoms with Gasteiger partial charge in [-0.05, 0) is 6.42 Å². The zero-order valence-electron chi connectivity index (χ0n) is 14.3. The second kappa shape index (κ2) is 7.00. The van der Waals surface area contributed by atoms with Gasteiger partial charge in [0.05, 0.1) is 30.9 Å². The minimum Gasteiger partial charge on any atom is -0.387 e. The fourth-order valence-electron chi connectivity index (χ4n) is 3.18. The van der Waals surface area contributed by atoms with Gasteiger partial charge in [0.1, 0.15) is 0 Å². The van der Waals surface area contributed by atoms with Crippen molar-refractivity contribution in [3.8, 4) is 0 Å². The molecule has 1 amide bonds. The first kappa shape index (κ1) is 17.1. The summed E-state index contributed by atoms with van der Waals surface area (Å²) in [5, 5.41) is 10.8. The van der Waals surface area contributed by atoms with Crippen molar-refractivity contribution in [2.24, 2.45) is 0 Å². The van der Waals surface area contributed by atoms with Crippen LogP contribution in [0.25, 0.3) is 0 Å². The third kappa shape index (κ3) is 3.82. The minimum atomic E-state index is -0.850. The molecule has 1 aromatic rings. The summed E-state index contributed by atoms with van der Waals surface area (Å²) in [6.45, 7) is 4.54. The van der Waals surface area contributed by atoms with Crippen molar-refractivity contribution < 1.29 is 14.6 Å². The smallest absolute Gasteiger partial charge is 0.257 e. The molecule has 1 N–H and O–H groups in total. The van der Waals surface area contributed by atoms with E-state index >= 15 is 0 Å². The van der Waals surface area contributed by atoms with Gasteiger partial charge in [-0.25, -0.2) is 9.97 Å². The maximum Gasteiger partial charge on any atom is 0.257 e. The van der Waals surface area contributed by atoms with Crippen molar-refractivity contribution in [2.45, 2.75) is 12.0 Å². The number of β-amino-alcohol motifs (C(OH)–C–C–N with tert-alkyl or cyclic N) is 1. The van der Waals surface area contributed by atoms with Crippen molar-refractivity contribution in [1.29, 1.82) is 0 Å². The predicted octanol–water partition coefficient (Wildman–Crippen LogP) is -0.548. The number of likely N-dealkylation sites (tertiary alicyclic amines) is 1. The number of carbonyl (C=O) groups excluding carboxylic acids is 1. The van der Waals surface area contributed by atoms with Crippen LogP contribution in [-0.4, -0.2) is 96.4 Å². The highest BCUT2D eigenvalue weighted by atomic mass is 16.5. The zero-order chi connectivity index (χ0) is 17.2. The highest BCUT2D eigenvalue weighted by Gasteiger charge is 2.40. The Morgan fingerprint density at radius 2 is 1.96 bits per heavy atom. The summed E-state index contributed by atoms with van der Waals surface area (Å²) in [7, 11) is 3.70. The van der Waals surface area contributed by atoms with E-state index in [-0.39, 0.29) is 5.91 Å². The number of carbonyl (C=O) groups is 1. The second-order valence-electron chi connectivity index (χ2n) is 6.76. The lowest BCUT2D eigenvalue weighted by Gasteiger charge is -2.33. The highest BCUT2D eigenvalue weighted by Crippen LogP contribution is 2.24. The Morgan fingerprint density at radius 3 is 2.58 bits per heavy atom. The van der Waals surface area contributed by atoms with E-state index in [0.717, 1.165) is 13.1 Å². The Hall–Kier alpha value is -1.77. The van der Waals surface area contributed by atoms with Crippen molar-refractivity contribution in [3.63, 3.8) is 0 Å². The van der Waals surface area contributed by atoms with Gasteiger partial charge in [-0.1, -0.05) is 0 Å². The molecule has 1 aromatic heterocycles. The number of rotatable bonds is 4. The number of anilines is 1. The van der Waals surface area contributed by atoms with Crippen LogP contribution < -0.4 is 4.90 Å². The van der Waals surface area contributed by atoms with Gasteiger partial charge in [0.2, 0.25) is 5.95 Å².